The Kier molecular flexibility index (Phi) is 20.0. The Morgan fingerprint density at radius 3 is 1.71 bits per heavy atom. The van der Waals surface area contributed by atoms with Gasteiger partial charge in [0.05, 0.1) is 18.3 Å². The Balaban J connectivity index is 3.37. The number of nitrogens with one attached hydrogen (secondary N) is 1. The molecule has 28 heavy (non-hydrogen) atoms. The molecule has 0 aliphatic rings. The van der Waals surface area contributed by atoms with Gasteiger partial charge < -0.3 is 20.6 Å². The second kappa shape index (κ2) is 20.1. The summed E-state index contributed by atoms with van der Waals surface area (Å²) in [7, 11) is 0. The molecule has 0 saturated heterocycles. The van der Waals surface area contributed by atoms with E-state index in [1.165, 1.54) is 77.0 Å². The van der Waals surface area contributed by atoms with E-state index in [9.17, 15) is 10.2 Å². The smallest absolute Gasteiger partial charge is 0.0664 e. The molecule has 0 bridgehead atoms. The average molecular weight is 402 g/mol. The molecule has 0 heterocycles. The summed E-state index contributed by atoms with van der Waals surface area (Å²) in [5, 5.41) is 32.0. The van der Waals surface area contributed by atoms with Gasteiger partial charge in [0.25, 0.3) is 0 Å². The first kappa shape index (κ1) is 27.8. The van der Waals surface area contributed by atoms with Crippen molar-refractivity contribution in [2.45, 2.75) is 135 Å². The summed E-state index contributed by atoms with van der Waals surface area (Å²) in [5.74, 6) is 0. The van der Waals surface area contributed by atoms with E-state index in [1.54, 1.807) is 0 Å². The van der Waals surface area contributed by atoms with Gasteiger partial charge in [-0.1, -0.05) is 96.8 Å². The monoisotopic (exact) mass is 401 g/mol. The minimum atomic E-state index is -0.469. The van der Waals surface area contributed by atoms with Crippen LogP contribution in [0.15, 0.2) is 0 Å². The topological polar surface area (TPSA) is 72.7 Å². The van der Waals surface area contributed by atoms with E-state index >= 15 is 0 Å². The molecular formula is C24H51NO3. The van der Waals surface area contributed by atoms with Crippen LogP contribution in [0.5, 0.6) is 0 Å². The molecule has 0 aromatic carbocycles. The molecule has 2 atom stereocenters. The predicted molar refractivity (Wildman–Crippen MR) is 121 cm³/mol. The Labute approximate surface area is 175 Å². The molecule has 170 valence electrons. The van der Waals surface area contributed by atoms with Crippen molar-refractivity contribution < 1.29 is 15.3 Å². The number of rotatable bonds is 22. The van der Waals surface area contributed by atoms with Crippen molar-refractivity contribution in [2.24, 2.45) is 0 Å². The average Bonchev–Trinajstić information content (AvgIpc) is 2.66. The van der Waals surface area contributed by atoms with Crippen molar-refractivity contribution >= 4 is 0 Å². The van der Waals surface area contributed by atoms with Gasteiger partial charge in [0.1, 0.15) is 0 Å². The number of aliphatic hydroxyl groups excluding tert-OH is 2. The molecule has 0 saturated carbocycles. The maximum atomic E-state index is 10.5. The first-order valence-electron chi connectivity index (χ1n) is 12.2. The molecule has 0 aliphatic heterocycles. The molecule has 0 aromatic heterocycles. The van der Waals surface area contributed by atoms with Crippen molar-refractivity contribution in [3.05, 3.63) is 0 Å². The van der Waals surface area contributed by atoms with Gasteiger partial charge in [-0.25, -0.2) is 0 Å². The fraction of sp³-hybridized carbons (Fsp3) is 1.00. The minimum Gasteiger partial charge on any atom is -0.395 e. The van der Waals surface area contributed by atoms with Crippen LogP contribution in [0.2, 0.25) is 0 Å². The molecule has 0 rings (SSSR count). The Bertz CT molecular complexity index is 310. The van der Waals surface area contributed by atoms with Crippen molar-refractivity contribution in [2.75, 3.05) is 19.7 Å². The molecule has 4 heteroatoms. The Morgan fingerprint density at radius 2 is 1.21 bits per heavy atom. The first-order chi connectivity index (χ1) is 13.5. The van der Waals surface area contributed by atoms with Gasteiger partial charge in [0.2, 0.25) is 0 Å². The van der Waals surface area contributed by atoms with E-state index < -0.39 is 5.60 Å². The molecule has 0 fully saturated rings. The summed E-state index contributed by atoms with van der Waals surface area (Å²) < 4.78 is 0. The lowest BCUT2D eigenvalue weighted by molar-refractivity contribution is 0.0366. The Hall–Kier alpha value is -0.160. The normalized spacial score (nSPS) is 14.9. The van der Waals surface area contributed by atoms with Gasteiger partial charge in [0.15, 0.2) is 0 Å². The third kappa shape index (κ3) is 20.6. The maximum absolute atomic E-state index is 10.5. The highest BCUT2D eigenvalue weighted by Gasteiger charge is 2.18. The highest BCUT2D eigenvalue weighted by molar-refractivity contribution is 4.72. The molecule has 0 amide bonds. The molecule has 2 unspecified atom stereocenters. The Morgan fingerprint density at radius 1 is 0.750 bits per heavy atom. The summed E-state index contributed by atoms with van der Waals surface area (Å²) in [6.07, 6.45) is 20.0. The largest absolute Gasteiger partial charge is 0.395 e. The van der Waals surface area contributed by atoms with Gasteiger partial charge in [-0.05, 0) is 26.2 Å². The summed E-state index contributed by atoms with van der Waals surface area (Å²) in [6.45, 7) is 5.54. The van der Waals surface area contributed by atoms with Gasteiger partial charge in [-0.2, -0.15) is 0 Å². The summed E-state index contributed by atoms with van der Waals surface area (Å²) in [4.78, 5) is 0. The first-order valence-corrected chi connectivity index (χ1v) is 12.2. The second-order valence-corrected chi connectivity index (χ2v) is 8.96. The number of aliphatic hydroxyl groups is 3. The van der Waals surface area contributed by atoms with Crippen LogP contribution in [0.3, 0.4) is 0 Å². The lowest BCUT2D eigenvalue weighted by Crippen LogP contribution is -2.28. The predicted octanol–water partition coefficient (Wildman–Crippen LogP) is 5.33. The zero-order chi connectivity index (χ0) is 20.9. The van der Waals surface area contributed by atoms with Gasteiger partial charge in [-0.15, -0.1) is 0 Å². The lowest BCUT2D eigenvalue weighted by atomic mass is 9.91. The van der Waals surface area contributed by atoms with Crippen LogP contribution in [-0.2, 0) is 0 Å². The van der Waals surface area contributed by atoms with Crippen LogP contribution in [0.25, 0.3) is 0 Å². The van der Waals surface area contributed by atoms with E-state index in [-0.39, 0.29) is 12.7 Å². The number of unbranched alkanes of at least 4 members (excludes halogenated alkanes) is 12. The zero-order valence-electron chi connectivity index (χ0n) is 19.1. The summed E-state index contributed by atoms with van der Waals surface area (Å²) >= 11 is 0. The quantitative estimate of drug-likeness (QED) is 0.185. The molecule has 0 aromatic rings. The van der Waals surface area contributed by atoms with Crippen LogP contribution >= 0.6 is 0 Å². The van der Waals surface area contributed by atoms with E-state index in [4.69, 9.17) is 5.11 Å². The highest BCUT2D eigenvalue weighted by Crippen LogP contribution is 2.23. The molecule has 0 aliphatic carbocycles. The molecule has 0 radical (unpaired) electrons. The van der Waals surface area contributed by atoms with E-state index in [0.29, 0.717) is 13.1 Å². The lowest BCUT2D eigenvalue weighted by Gasteiger charge is -2.23. The van der Waals surface area contributed by atoms with E-state index in [0.717, 1.165) is 32.1 Å². The van der Waals surface area contributed by atoms with Gasteiger partial charge in [0, 0.05) is 13.1 Å². The van der Waals surface area contributed by atoms with Crippen molar-refractivity contribution in [1.82, 2.24) is 5.32 Å². The molecule has 4 nitrogen and oxygen atoms in total. The van der Waals surface area contributed by atoms with Crippen LogP contribution < -0.4 is 5.32 Å². The zero-order valence-corrected chi connectivity index (χ0v) is 19.1. The molecular weight excluding hydrogens is 350 g/mol. The van der Waals surface area contributed by atoms with Crippen LogP contribution in [0.4, 0.5) is 0 Å². The molecule has 4 N–H and O–H groups in total. The molecule has 0 spiro atoms. The van der Waals surface area contributed by atoms with Crippen LogP contribution in [0, 0.1) is 0 Å². The number of hydrogen-bond donors (Lipinski definition) is 4. The van der Waals surface area contributed by atoms with Gasteiger partial charge in [-0.3, -0.25) is 0 Å². The third-order valence-corrected chi connectivity index (χ3v) is 5.74. The highest BCUT2D eigenvalue weighted by atomic mass is 16.3. The second-order valence-electron chi connectivity index (χ2n) is 8.96. The standard InChI is InChI=1S/C24H51NO3/c1-3-4-5-6-9-12-15-18-24(2,28)19-16-13-10-7-8-11-14-17-23(27)22-25-20-21-26/h23,25-28H,3-22H2,1-2H3. The van der Waals surface area contributed by atoms with Crippen molar-refractivity contribution in [1.29, 1.82) is 0 Å². The summed E-state index contributed by atoms with van der Waals surface area (Å²) in [6, 6.07) is 0. The minimum absolute atomic E-state index is 0.126. The fourth-order valence-corrected chi connectivity index (χ4v) is 3.81. The maximum Gasteiger partial charge on any atom is 0.0664 e. The number of hydrogen-bond acceptors (Lipinski definition) is 4. The van der Waals surface area contributed by atoms with E-state index in [2.05, 4.69) is 12.2 Å². The van der Waals surface area contributed by atoms with Crippen LogP contribution in [-0.4, -0.2) is 46.7 Å². The van der Waals surface area contributed by atoms with Crippen LogP contribution in [0.1, 0.15) is 123 Å². The summed E-state index contributed by atoms with van der Waals surface area (Å²) in [5.41, 5.74) is -0.469. The third-order valence-electron chi connectivity index (χ3n) is 5.74. The fourth-order valence-electron chi connectivity index (χ4n) is 3.81. The SMILES string of the molecule is CCCCCCCCCC(C)(O)CCCCCCCCCC(O)CNCCO. The van der Waals surface area contributed by atoms with E-state index in [1.807, 2.05) is 6.92 Å². The van der Waals surface area contributed by atoms with Gasteiger partial charge >= 0.3 is 0 Å². The van der Waals surface area contributed by atoms with Crippen molar-refractivity contribution in [3.8, 4) is 0 Å². The van der Waals surface area contributed by atoms with Crippen molar-refractivity contribution in [3.63, 3.8) is 0 Å².